The number of halogens is 1. The first kappa shape index (κ1) is 15.3. The van der Waals surface area contributed by atoms with Crippen molar-refractivity contribution in [2.75, 3.05) is 18.0 Å². The Labute approximate surface area is 122 Å². The summed E-state index contributed by atoms with van der Waals surface area (Å²) in [5.74, 6) is 0.456. The molecular weight excluding hydrogens is 251 g/mol. The van der Waals surface area contributed by atoms with Crippen molar-refractivity contribution < 1.29 is 4.39 Å². The lowest BCUT2D eigenvalue weighted by Crippen LogP contribution is -2.33. The lowest BCUT2D eigenvalue weighted by Gasteiger charge is -2.31. The van der Waals surface area contributed by atoms with Crippen LogP contribution in [0.25, 0.3) is 0 Å². The molecule has 0 amide bonds. The van der Waals surface area contributed by atoms with Gasteiger partial charge in [0.1, 0.15) is 5.82 Å². The predicted octanol–water partition coefficient (Wildman–Crippen LogP) is 4.12. The van der Waals surface area contributed by atoms with Gasteiger partial charge in [-0.2, -0.15) is 0 Å². The van der Waals surface area contributed by atoms with Crippen LogP contribution in [0.1, 0.15) is 52.1 Å². The molecule has 1 saturated carbocycles. The van der Waals surface area contributed by atoms with Gasteiger partial charge in [-0.3, -0.25) is 0 Å². The van der Waals surface area contributed by atoms with Gasteiger partial charge in [-0.05, 0) is 43.9 Å². The van der Waals surface area contributed by atoms with Gasteiger partial charge in [0.2, 0.25) is 0 Å². The number of para-hydroxylation sites is 1. The maximum Gasteiger partial charge on any atom is 0.146 e. The fraction of sp³-hybridized carbons (Fsp3) is 0.647. The molecule has 0 saturated heterocycles. The third kappa shape index (κ3) is 3.51. The highest BCUT2D eigenvalue weighted by molar-refractivity contribution is 5.57. The molecule has 1 aromatic carbocycles. The molecule has 1 unspecified atom stereocenters. The Morgan fingerprint density at radius 1 is 1.30 bits per heavy atom. The minimum absolute atomic E-state index is 0.0835. The Hall–Kier alpha value is -1.09. The minimum atomic E-state index is -0.0835. The molecular formula is C17H27FN2. The monoisotopic (exact) mass is 278 g/mol. The van der Waals surface area contributed by atoms with E-state index in [0.29, 0.717) is 12.0 Å². The Morgan fingerprint density at radius 2 is 2.00 bits per heavy atom. The molecule has 1 aromatic rings. The lowest BCUT2D eigenvalue weighted by atomic mass is 10.0. The molecule has 1 fully saturated rings. The lowest BCUT2D eigenvalue weighted by molar-refractivity contribution is 0.555. The van der Waals surface area contributed by atoms with Crippen molar-refractivity contribution in [1.82, 2.24) is 5.32 Å². The van der Waals surface area contributed by atoms with Crippen molar-refractivity contribution in [3.05, 3.63) is 29.6 Å². The molecule has 20 heavy (non-hydrogen) atoms. The summed E-state index contributed by atoms with van der Waals surface area (Å²) >= 11 is 0. The summed E-state index contributed by atoms with van der Waals surface area (Å²) < 4.78 is 14.5. The van der Waals surface area contributed by atoms with Crippen LogP contribution in [-0.4, -0.2) is 19.1 Å². The molecule has 0 aliphatic heterocycles. The predicted molar refractivity (Wildman–Crippen MR) is 83.7 cm³/mol. The third-order valence-electron chi connectivity index (χ3n) is 3.83. The van der Waals surface area contributed by atoms with Crippen LogP contribution < -0.4 is 10.2 Å². The molecule has 0 spiro atoms. The average Bonchev–Trinajstić information content (AvgIpc) is 3.20. The number of nitrogens with one attached hydrogen (secondary N) is 1. The molecule has 2 nitrogen and oxygen atoms in total. The van der Waals surface area contributed by atoms with Crippen molar-refractivity contribution in [1.29, 1.82) is 0 Å². The molecule has 1 aliphatic carbocycles. The van der Waals surface area contributed by atoms with Crippen LogP contribution in [0.3, 0.4) is 0 Å². The van der Waals surface area contributed by atoms with Gasteiger partial charge in [0.15, 0.2) is 0 Å². The fourth-order valence-corrected chi connectivity index (χ4v) is 2.80. The van der Waals surface area contributed by atoms with E-state index in [4.69, 9.17) is 0 Å². The highest BCUT2D eigenvalue weighted by atomic mass is 19.1. The van der Waals surface area contributed by atoms with Crippen molar-refractivity contribution in [2.24, 2.45) is 5.92 Å². The van der Waals surface area contributed by atoms with Crippen molar-refractivity contribution >= 4 is 5.69 Å². The Bertz CT molecular complexity index is 441. The Balaban J connectivity index is 2.36. The number of rotatable bonds is 7. The molecule has 1 atom stereocenters. The highest BCUT2D eigenvalue weighted by Crippen LogP contribution is 2.37. The Morgan fingerprint density at radius 3 is 2.55 bits per heavy atom. The zero-order chi connectivity index (χ0) is 14.7. The van der Waals surface area contributed by atoms with Crippen LogP contribution in [0.5, 0.6) is 0 Å². The molecule has 0 heterocycles. The van der Waals surface area contributed by atoms with Gasteiger partial charge < -0.3 is 10.2 Å². The maximum atomic E-state index is 14.5. The first-order valence-electron chi connectivity index (χ1n) is 7.83. The molecule has 3 heteroatoms. The zero-order valence-corrected chi connectivity index (χ0v) is 13.1. The topological polar surface area (TPSA) is 15.3 Å². The second kappa shape index (κ2) is 6.57. The second-order valence-electron chi connectivity index (χ2n) is 6.23. The van der Waals surface area contributed by atoms with E-state index in [1.165, 1.54) is 12.8 Å². The summed E-state index contributed by atoms with van der Waals surface area (Å²) in [5, 5.41) is 3.40. The van der Waals surface area contributed by atoms with Crippen LogP contribution in [0.15, 0.2) is 18.2 Å². The van der Waals surface area contributed by atoms with Gasteiger partial charge >= 0.3 is 0 Å². The fourth-order valence-electron chi connectivity index (χ4n) is 2.80. The Kier molecular flexibility index (Phi) is 5.03. The number of anilines is 1. The highest BCUT2D eigenvalue weighted by Gasteiger charge is 2.33. The van der Waals surface area contributed by atoms with Crippen LogP contribution in [0.2, 0.25) is 0 Å². The van der Waals surface area contributed by atoms with Crippen LogP contribution in [0, 0.1) is 11.7 Å². The van der Waals surface area contributed by atoms with Crippen LogP contribution in [0.4, 0.5) is 10.1 Å². The van der Waals surface area contributed by atoms with E-state index < -0.39 is 0 Å². The standard InChI is InChI=1S/C17H27FN2/c1-5-19-13(4)15-7-6-8-16(18)17(15)20(11-12(2)3)14-9-10-14/h6-8,12-14,19H,5,9-11H2,1-4H3. The second-order valence-corrected chi connectivity index (χ2v) is 6.23. The summed E-state index contributed by atoms with van der Waals surface area (Å²) in [5.41, 5.74) is 1.90. The maximum absolute atomic E-state index is 14.5. The van der Waals surface area contributed by atoms with E-state index in [0.717, 1.165) is 24.3 Å². The summed E-state index contributed by atoms with van der Waals surface area (Å²) in [6, 6.07) is 6.18. The van der Waals surface area contributed by atoms with Gasteiger partial charge in [0, 0.05) is 18.6 Å². The normalized spacial score (nSPS) is 16.5. The summed E-state index contributed by atoms with van der Waals surface area (Å²) in [6.45, 7) is 10.4. The molecule has 0 bridgehead atoms. The summed E-state index contributed by atoms with van der Waals surface area (Å²) in [7, 11) is 0. The number of benzene rings is 1. The number of hydrogen-bond acceptors (Lipinski definition) is 2. The molecule has 112 valence electrons. The summed E-state index contributed by atoms with van der Waals surface area (Å²) in [6.07, 6.45) is 2.38. The number of hydrogen-bond donors (Lipinski definition) is 1. The van der Waals surface area contributed by atoms with E-state index in [1.54, 1.807) is 6.07 Å². The quantitative estimate of drug-likeness (QED) is 0.807. The van der Waals surface area contributed by atoms with Crippen LogP contribution >= 0.6 is 0 Å². The SMILES string of the molecule is CCNC(C)c1cccc(F)c1N(CC(C)C)C1CC1. The van der Waals surface area contributed by atoms with Crippen molar-refractivity contribution in [2.45, 2.75) is 52.6 Å². The zero-order valence-electron chi connectivity index (χ0n) is 13.1. The molecule has 1 aliphatic rings. The molecule has 0 radical (unpaired) electrons. The van der Waals surface area contributed by atoms with E-state index in [2.05, 4.69) is 44.0 Å². The van der Waals surface area contributed by atoms with E-state index in [-0.39, 0.29) is 11.9 Å². The third-order valence-corrected chi connectivity index (χ3v) is 3.83. The van der Waals surface area contributed by atoms with E-state index in [9.17, 15) is 4.39 Å². The van der Waals surface area contributed by atoms with Crippen molar-refractivity contribution in [3.8, 4) is 0 Å². The minimum Gasteiger partial charge on any atom is -0.366 e. The average molecular weight is 278 g/mol. The van der Waals surface area contributed by atoms with Gasteiger partial charge in [-0.1, -0.05) is 32.9 Å². The van der Waals surface area contributed by atoms with E-state index in [1.807, 2.05) is 6.07 Å². The molecule has 1 N–H and O–H groups in total. The molecule has 2 rings (SSSR count). The largest absolute Gasteiger partial charge is 0.366 e. The van der Waals surface area contributed by atoms with Gasteiger partial charge in [0.05, 0.1) is 5.69 Å². The van der Waals surface area contributed by atoms with E-state index >= 15 is 0 Å². The van der Waals surface area contributed by atoms with Crippen molar-refractivity contribution in [3.63, 3.8) is 0 Å². The van der Waals surface area contributed by atoms with Gasteiger partial charge in [-0.25, -0.2) is 4.39 Å². The number of nitrogens with zero attached hydrogens (tertiary/aromatic N) is 1. The van der Waals surface area contributed by atoms with Crippen LogP contribution in [-0.2, 0) is 0 Å². The molecule has 0 aromatic heterocycles. The first-order chi connectivity index (χ1) is 9.54. The van der Waals surface area contributed by atoms with Gasteiger partial charge in [0.25, 0.3) is 0 Å². The van der Waals surface area contributed by atoms with Gasteiger partial charge in [-0.15, -0.1) is 0 Å². The first-order valence-corrected chi connectivity index (χ1v) is 7.83. The summed E-state index contributed by atoms with van der Waals surface area (Å²) in [4.78, 5) is 2.29. The smallest absolute Gasteiger partial charge is 0.146 e.